The molecular weight excluding hydrogens is 293 g/mol. The smallest absolute Gasteiger partial charge is 0.227 e. The quantitative estimate of drug-likeness (QED) is 0.800. The third-order valence-electron chi connectivity index (χ3n) is 2.45. The van der Waals surface area contributed by atoms with E-state index in [1.807, 2.05) is 0 Å². The molecule has 0 N–H and O–H groups in total. The maximum Gasteiger partial charge on any atom is 0.416 e. The lowest BCUT2D eigenvalue weighted by atomic mass is 10.1. The third kappa shape index (κ3) is 3.13. The molecule has 106 valence electrons. The molecule has 0 saturated carbocycles. The molecule has 1 heterocycles. The van der Waals surface area contributed by atoms with Gasteiger partial charge in [0.05, 0.1) is 11.3 Å². The van der Waals surface area contributed by atoms with Gasteiger partial charge in [-0.05, 0) is 18.2 Å². The molecule has 8 heteroatoms. The van der Waals surface area contributed by atoms with Crippen LogP contribution in [0.15, 0.2) is 41.7 Å². The van der Waals surface area contributed by atoms with Crippen LogP contribution in [0.2, 0.25) is 0 Å². The minimum atomic E-state index is -4.47. The molecule has 0 aliphatic rings. The second-order valence-electron chi connectivity index (χ2n) is 4.08. The molecule has 0 spiro atoms. The number of hydrogen-bond acceptors (Lipinski definition) is 4. The number of nitrogens with zero attached hydrogens (tertiary/aromatic N) is 2. The van der Waals surface area contributed by atoms with Crippen LogP contribution in [0, 0.1) is 0 Å². The van der Waals surface area contributed by atoms with E-state index in [1.54, 1.807) is 0 Å². The van der Waals surface area contributed by atoms with E-state index in [2.05, 4.69) is 9.97 Å². The van der Waals surface area contributed by atoms with Crippen LogP contribution in [0.3, 0.4) is 0 Å². The number of hydrogen-bond donors (Lipinski definition) is 0. The Balaban J connectivity index is 2.53. The molecule has 0 amide bonds. The molecule has 1 aromatic heterocycles. The van der Waals surface area contributed by atoms with Gasteiger partial charge in [-0.2, -0.15) is 13.2 Å². The summed E-state index contributed by atoms with van der Waals surface area (Å²) in [6.45, 7) is 0. The average molecular weight is 302 g/mol. The van der Waals surface area contributed by atoms with E-state index in [0.29, 0.717) is 0 Å². The summed E-state index contributed by atoms with van der Waals surface area (Å²) in [7, 11) is -3.62. The predicted octanol–water partition coefficient (Wildman–Crippen LogP) is 2.57. The lowest BCUT2D eigenvalue weighted by Crippen LogP contribution is -2.06. The molecule has 2 rings (SSSR count). The van der Waals surface area contributed by atoms with Gasteiger partial charge in [-0.25, -0.2) is 18.4 Å². The Morgan fingerprint density at radius 2 is 1.85 bits per heavy atom. The largest absolute Gasteiger partial charge is 0.416 e. The molecule has 0 unspecified atom stereocenters. The maximum absolute atomic E-state index is 12.6. The summed E-state index contributed by atoms with van der Waals surface area (Å²) in [6.07, 6.45) is -2.35. The van der Waals surface area contributed by atoms with Crippen LogP contribution in [0.4, 0.5) is 13.2 Å². The van der Waals surface area contributed by atoms with Gasteiger partial charge in [-0.15, -0.1) is 0 Å². The van der Waals surface area contributed by atoms with Crippen molar-refractivity contribution in [3.63, 3.8) is 0 Å². The normalized spacial score (nSPS) is 12.4. The molecule has 1 aromatic carbocycles. The molecule has 4 nitrogen and oxygen atoms in total. The Bertz CT molecular complexity index is 742. The van der Waals surface area contributed by atoms with E-state index in [0.717, 1.165) is 18.4 Å². The molecule has 0 saturated heterocycles. The molecule has 0 fully saturated rings. The summed E-state index contributed by atoms with van der Waals surface area (Å²) < 4.78 is 60.5. The Morgan fingerprint density at radius 3 is 2.45 bits per heavy atom. The van der Waals surface area contributed by atoms with Crippen LogP contribution >= 0.6 is 0 Å². The van der Waals surface area contributed by atoms with Crippen molar-refractivity contribution in [1.29, 1.82) is 0 Å². The van der Waals surface area contributed by atoms with Crippen molar-refractivity contribution >= 4 is 9.84 Å². The van der Waals surface area contributed by atoms with Gasteiger partial charge in [-0.3, -0.25) is 0 Å². The zero-order chi connectivity index (χ0) is 15.0. The monoisotopic (exact) mass is 302 g/mol. The van der Waals surface area contributed by atoms with Gasteiger partial charge in [0, 0.05) is 18.0 Å². The second kappa shape index (κ2) is 4.86. The lowest BCUT2D eigenvalue weighted by Gasteiger charge is -2.08. The minimum absolute atomic E-state index is 0.117. The van der Waals surface area contributed by atoms with Crippen LogP contribution in [-0.2, 0) is 16.0 Å². The number of sulfone groups is 1. The highest BCUT2D eigenvalue weighted by Crippen LogP contribution is 2.31. The second-order valence-corrected chi connectivity index (χ2v) is 5.98. The van der Waals surface area contributed by atoms with E-state index < -0.39 is 26.7 Å². The van der Waals surface area contributed by atoms with Gasteiger partial charge >= 0.3 is 6.18 Å². The van der Waals surface area contributed by atoms with Gasteiger partial charge in [0.15, 0.2) is 0 Å². The first-order chi connectivity index (χ1) is 9.18. The van der Waals surface area contributed by atoms with Crippen molar-refractivity contribution in [3.05, 3.63) is 42.1 Å². The van der Waals surface area contributed by atoms with Gasteiger partial charge in [0.2, 0.25) is 15.0 Å². The maximum atomic E-state index is 12.6. The Morgan fingerprint density at radius 1 is 1.15 bits per heavy atom. The summed E-state index contributed by atoms with van der Waals surface area (Å²) in [6, 6.07) is 5.85. The summed E-state index contributed by atoms with van der Waals surface area (Å²) in [5, 5.41) is -0.424. The fraction of sp³-hybridized carbons (Fsp3) is 0.167. The molecule has 0 atom stereocenters. The minimum Gasteiger partial charge on any atom is -0.227 e. The van der Waals surface area contributed by atoms with Gasteiger partial charge < -0.3 is 0 Å². The number of halogens is 3. The first kappa shape index (κ1) is 14.4. The number of alkyl halides is 3. The van der Waals surface area contributed by atoms with E-state index in [1.165, 1.54) is 24.4 Å². The summed E-state index contributed by atoms with van der Waals surface area (Å²) in [4.78, 5) is 7.36. The zero-order valence-corrected chi connectivity index (χ0v) is 11.0. The molecule has 0 bridgehead atoms. The van der Waals surface area contributed by atoms with Crippen molar-refractivity contribution in [2.75, 3.05) is 6.26 Å². The van der Waals surface area contributed by atoms with Crippen LogP contribution in [0.5, 0.6) is 0 Å². The molecule has 2 aromatic rings. The predicted molar refractivity (Wildman–Crippen MR) is 65.6 cm³/mol. The van der Waals surface area contributed by atoms with E-state index in [9.17, 15) is 21.6 Å². The molecule has 0 aliphatic heterocycles. The standard InChI is InChI=1S/C12H9F3N2O2S/c1-20(18,19)11-16-6-5-10(17-11)8-3-2-4-9(7-8)12(13,14)15/h2-7H,1H3. The highest BCUT2D eigenvalue weighted by molar-refractivity contribution is 7.90. The van der Waals surface area contributed by atoms with E-state index in [4.69, 9.17) is 0 Å². The van der Waals surface area contributed by atoms with Crippen molar-refractivity contribution < 1.29 is 21.6 Å². The number of rotatable bonds is 2. The first-order valence-corrected chi connectivity index (χ1v) is 7.28. The van der Waals surface area contributed by atoms with Crippen LogP contribution in [0.25, 0.3) is 11.3 Å². The van der Waals surface area contributed by atoms with Gasteiger partial charge in [-0.1, -0.05) is 12.1 Å². The summed E-state index contributed by atoms with van der Waals surface area (Å²) in [5.41, 5.74) is -0.534. The molecule has 0 radical (unpaired) electrons. The highest BCUT2D eigenvalue weighted by Gasteiger charge is 2.30. The van der Waals surface area contributed by atoms with Crippen molar-refractivity contribution in [2.24, 2.45) is 0 Å². The van der Waals surface area contributed by atoms with Crippen molar-refractivity contribution in [2.45, 2.75) is 11.3 Å². The van der Waals surface area contributed by atoms with Crippen LogP contribution < -0.4 is 0 Å². The molecule has 20 heavy (non-hydrogen) atoms. The SMILES string of the molecule is CS(=O)(=O)c1nccc(-c2cccc(C(F)(F)F)c2)n1. The molecular formula is C12H9F3N2O2S. The van der Waals surface area contributed by atoms with E-state index >= 15 is 0 Å². The first-order valence-electron chi connectivity index (χ1n) is 5.39. The summed E-state index contributed by atoms with van der Waals surface area (Å²) >= 11 is 0. The van der Waals surface area contributed by atoms with Crippen molar-refractivity contribution in [1.82, 2.24) is 9.97 Å². The highest BCUT2D eigenvalue weighted by atomic mass is 32.2. The van der Waals surface area contributed by atoms with Gasteiger partial charge in [0.1, 0.15) is 0 Å². The average Bonchev–Trinajstić information content (AvgIpc) is 2.37. The third-order valence-corrected chi connectivity index (χ3v) is 3.31. The van der Waals surface area contributed by atoms with Crippen LogP contribution in [0.1, 0.15) is 5.56 Å². The Hall–Kier alpha value is -1.96. The lowest BCUT2D eigenvalue weighted by molar-refractivity contribution is -0.137. The van der Waals surface area contributed by atoms with Crippen LogP contribution in [-0.4, -0.2) is 24.6 Å². The van der Waals surface area contributed by atoms with E-state index in [-0.39, 0.29) is 11.3 Å². The van der Waals surface area contributed by atoms with Gasteiger partial charge in [0.25, 0.3) is 0 Å². The topological polar surface area (TPSA) is 59.9 Å². The molecule has 0 aliphatic carbocycles. The summed E-state index contributed by atoms with van der Waals surface area (Å²) in [5.74, 6) is 0. The zero-order valence-electron chi connectivity index (χ0n) is 10.2. The Kier molecular flexibility index (Phi) is 3.51. The van der Waals surface area contributed by atoms with Crippen molar-refractivity contribution in [3.8, 4) is 11.3 Å². The fourth-order valence-electron chi connectivity index (χ4n) is 1.54. The number of aromatic nitrogens is 2. The number of benzene rings is 1. The Labute approximate surface area is 113 Å². The fourth-order valence-corrected chi connectivity index (χ4v) is 2.05.